The molecule has 0 saturated carbocycles. The number of benzene rings is 2. The molecular formula is C22H19ClNO3S-. The minimum absolute atomic E-state index is 0.0816. The highest BCUT2D eigenvalue weighted by Gasteiger charge is 2.39. The largest absolute Gasteiger partial charge is 0.545 e. The van der Waals surface area contributed by atoms with E-state index in [-0.39, 0.29) is 17.5 Å². The molecule has 1 aliphatic carbocycles. The highest BCUT2D eigenvalue weighted by atomic mass is 35.5. The van der Waals surface area contributed by atoms with Crippen LogP contribution in [0.15, 0.2) is 48.6 Å². The fraction of sp³-hybridized carbons (Fsp3) is 0.318. The molecule has 0 spiro atoms. The molecule has 2 aromatic rings. The van der Waals surface area contributed by atoms with E-state index < -0.39 is 5.97 Å². The zero-order valence-corrected chi connectivity index (χ0v) is 16.6. The molecule has 0 aromatic heterocycles. The van der Waals surface area contributed by atoms with Crippen LogP contribution in [0.3, 0.4) is 0 Å². The first-order valence-corrected chi connectivity index (χ1v) is 11.0. The summed E-state index contributed by atoms with van der Waals surface area (Å²) in [6, 6.07) is 11.5. The maximum absolute atomic E-state index is 11.3. The Balaban J connectivity index is 1.51. The molecule has 1 fully saturated rings. The summed E-state index contributed by atoms with van der Waals surface area (Å²) in [5, 5.41) is 15.3. The van der Waals surface area contributed by atoms with Crippen molar-refractivity contribution in [3.63, 3.8) is 0 Å². The highest BCUT2D eigenvalue weighted by molar-refractivity contribution is 8.00. The standard InChI is InChI=1S/C22H20ClNO3S/c23-19-9-13(22(25)26)8-18-16-5-2-6-17(16)20(24-21(18)19)12-3-1-4-14(7-12)27-15-10-28-11-15/h1-5,7-9,15-17,20,24H,6,10-11H2,(H,25,26)/p-1/t16-,17+,20+/m1/s1. The third-order valence-corrected chi connectivity index (χ3v) is 7.30. The zero-order chi connectivity index (χ0) is 19.3. The summed E-state index contributed by atoms with van der Waals surface area (Å²) in [6.45, 7) is 0. The molecule has 0 unspecified atom stereocenters. The number of anilines is 1. The van der Waals surface area contributed by atoms with Crippen molar-refractivity contribution in [2.45, 2.75) is 24.5 Å². The van der Waals surface area contributed by atoms with Crippen molar-refractivity contribution < 1.29 is 14.6 Å². The summed E-state index contributed by atoms with van der Waals surface area (Å²) in [7, 11) is 0. The van der Waals surface area contributed by atoms with Crippen molar-refractivity contribution in [2.75, 3.05) is 16.8 Å². The van der Waals surface area contributed by atoms with Crippen molar-refractivity contribution in [2.24, 2.45) is 5.92 Å². The Morgan fingerprint density at radius 2 is 2.11 bits per heavy atom. The number of hydrogen-bond acceptors (Lipinski definition) is 5. The Hall–Kier alpha value is -2.11. The van der Waals surface area contributed by atoms with E-state index in [1.807, 2.05) is 23.9 Å². The molecule has 3 atom stereocenters. The molecule has 1 N–H and O–H groups in total. The van der Waals surface area contributed by atoms with Crippen molar-refractivity contribution in [3.8, 4) is 5.75 Å². The van der Waals surface area contributed by atoms with Crippen LogP contribution in [0.5, 0.6) is 5.75 Å². The molecule has 5 rings (SSSR count). The number of carbonyl (C=O) groups excluding carboxylic acids is 1. The van der Waals surface area contributed by atoms with Crippen LogP contribution in [0.25, 0.3) is 0 Å². The molecule has 6 heteroatoms. The van der Waals surface area contributed by atoms with Crippen molar-refractivity contribution in [1.29, 1.82) is 0 Å². The van der Waals surface area contributed by atoms with Gasteiger partial charge in [-0.25, -0.2) is 0 Å². The SMILES string of the molecule is O=C([O-])c1cc(Cl)c2c(c1)[C@@H]1C=CC[C@@H]1[C@H](c1cccc(OC3CSC3)c1)N2. The van der Waals surface area contributed by atoms with Crippen LogP contribution in [0, 0.1) is 5.92 Å². The van der Waals surface area contributed by atoms with Gasteiger partial charge in [0.2, 0.25) is 0 Å². The molecule has 28 heavy (non-hydrogen) atoms. The van der Waals surface area contributed by atoms with E-state index in [1.54, 1.807) is 6.07 Å². The number of hydrogen-bond donors (Lipinski definition) is 1. The van der Waals surface area contributed by atoms with Crippen LogP contribution in [-0.4, -0.2) is 23.6 Å². The topological polar surface area (TPSA) is 61.4 Å². The van der Waals surface area contributed by atoms with Gasteiger partial charge in [0.15, 0.2) is 0 Å². The number of carboxylic acids is 1. The molecule has 2 heterocycles. The summed E-state index contributed by atoms with van der Waals surface area (Å²) < 4.78 is 6.07. The average Bonchev–Trinajstić information content (AvgIpc) is 3.14. The van der Waals surface area contributed by atoms with Crippen LogP contribution < -0.4 is 15.2 Å². The Bertz CT molecular complexity index is 972. The number of thioether (sulfide) groups is 1. The predicted molar refractivity (Wildman–Crippen MR) is 110 cm³/mol. The Kier molecular flexibility index (Phi) is 4.52. The molecule has 3 aliphatic rings. The number of carboxylic acid groups (broad SMARTS) is 1. The second kappa shape index (κ2) is 7.05. The van der Waals surface area contributed by atoms with E-state index in [4.69, 9.17) is 16.3 Å². The molecule has 2 aromatic carbocycles. The van der Waals surface area contributed by atoms with Gasteiger partial charge in [-0.15, -0.1) is 0 Å². The maximum atomic E-state index is 11.3. The fourth-order valence-electron chi connectivity index (χ4n) is 4.36. The van der Waals surface area contributed by atoms with Crippen molar-refractivity contribution in [3.05, 3.63) is 70.3 Å². The molecular weight excluding hydrogens is 394 g/mol. The zero-order valence-electron chi connectivity index (χ0n) is 15.1. The molecule has 1 saturated heterocycles. The van der Waals surface area contributed by atoms with Crippen LogP contribution in [0.2, 0.25) is 5.02 Å². The van der Waals surface area contributed by atoms with Crippen LogP contribution in [0.4, 0.5) is 5.69 Å². The normalized spacial score (nSPS) is 25.4. The highest BCUT2D eigenvalue weighted by Crippen LogP contribution is 2.52. The number of carbonyl (C=O) groups is 1. The molecule has 0 bridgehead atoms. The smallest absolute Gasteiger partial charge is 0.120 e. The number of nitrogens with one attached hydrogen (secondary N) is 1. The second-order valence-corrected chi connectivity index (χ2v) is 9.02. The maximum Gasteiger partial charge on any atom is 0.120 e. The third-order valence-electron chi connectivity index (χ3n) is 5.78. The van der Waals surface area contributed by atoms with Gasteiger partial charge in [0, 0.05) is 17.4 Å². The third kappa shape index (κ3) is 3.07. The first-order chi connectivity index (χ1) is 13.6. The summed E-state index contributed by atoms with van der Waals surface area (Å²) in [5.74, 6) is 2.22. The minimum atomic E-state index is -1.20. The lowest BCUT2D eigenvalue weighted by atomic mass is 9.76. The summed E-state index contributed by atoms with van der Waals surface area (Å²) in [4.78, 5) is 11.3. The van der Waals surface area contributed by atoms with E-state index in [1.165, 1.54) is 6.07 Å². The lowest BCUT2D eigenvalue weighted by Crippen LogP contribution is -2.32. The molecule has 0 amide bonds. The average molecular weight is 413 g/mol. The lowest BCUT2D eigenvalue weighted by Gasteiger charge is -2.38. The van der Waals surface area contributed by atoms with Crippen LogP contribution in [0.1, 0.15) is 39.9 Å². The number of ether oxygens (including phenoxy) is 1. The van der Waals surface area contributed by atoms with E-state index in [2.05, 4.69) is 29.6 Å². The summed E-state index contributed by atoms with van der Waals surface area (Å²) >= 11 is 8.36. The second-order valence-electron chi connectivity index (χ2n) is 7.54. The molecule has 0 radical (unpaired) electrons. The number of halogens is 1. The number of aromatic carboxylic acids is 1. The van der Waals surface area contributed by atoms with Gasteiger partial charge >= 0.3 is 0 Å². The van der Waals surface area contributed by atoms with Crippen LogP contribution in [-0.2, 0) is 0 Å². The monoisotopic (exact) mass is 412 g/mol. The minimum Gasteiger partial charge on any atom is -0.545 e. The first kappa shape index (κ1) is 18.0. The quantitative estimate of drug-likeness (QED) is 0.768. The lowest BCUT2D eigenvalue weighted by molar-refractivity contribution is -0.255. The summed E-state index contributed by atoms with van der Waals surface area (Å²) in [5.41, 5.74) is 3.03. The fourth-order valence-corrected chi connectivity index (χ4v) is 5.20. The van der Waals surface area contributed by atoms with Gasteiger partial charge in [0.05, 0.1) is 22.7 Å². The van der Waals surface area contributed by atoms with Gasteiger partial charge in [0.1, 0.15) is 11.9 Å². The molecule has 4 nitrogen and oxygen atoms in total. The van der Waals surface area contributed by atoms with Crippen LogP contribution >= 0.6 is 23.4 Å². The molecule has 2 aliphatic heterocycles. The Labute approximate surface area is 172 Å². The van der Waals surface area contributed by atoms with Gasteiger partial charge in [-0.05, 0) is 53.3 Å². The van der Waals surface area contributed by atoms with E-state index in [0.29, 0.717) is 17.0 Å². The van der Waals surface area contributed by atoms with Gasteiger partial charge in [-0.1, -0.05) is 35.9 Å². The van der Waals surface area contributed by atoms with Gasteiger partial charge in [0.25, 0.3) is 0 Å². The number of fused-ring (bicyclic) bond motifs is 3. The Morgan fingerprint density at radius 1 is 1.25 bits per heavy atom. The van der Waals surface area contributed by atoms with E-state index >= 15 is 0 Å². The number of allylic oxidation sites excluding steroid dienone is 2. The Morgan fingerprint density at radius 3 is 2.86 bits per heavy atom. The van der Waals surface area contributed by atoms with Crippen molar-refractivity contribution >= 4 is 35.0 Å². The van der Waals surface area contributed by atoms with Gasteiger partial charge in [-0.2, -0.15) is 11.8 Å². The van der Waals surface area contributed by atoms with Crippen molar-refractivity contribution in [1.82, 2.24) is 0 Å². The first-order valence-electron chi connectivity index (χ1n) is 9.42. The van der Waals surface area contributed by atoms with Gasteiger partial charge in [-0.3, -0.25) is 0 Å². The van der Waals surface area contributed by atoms with Gasteiger partial charge < -0.3 is 20.0 Å². The number of rotatable bonds is 4. The summed E-state index contributed by atoms with van der Waals surface area (Å²) in [6.07, 6.45) is 5.57. The molecule has 144 valence electrons. The van der Waals surface area contributed by atoms with E-state index in [9.17, 15) is 9.90 Å². The predicted octanol–water partition coefficient (Wildman–Crippen LogP) is 4.02. The van der Waals surface area contributed by atoms with E-state index in [0.717, 1.165) is 40.5 Å².